The van der Waals surface area contributed by atoms with Crippen LogP contribution in [0, 0.1) is 12.8 Å². The van der Waals surface area contributed by atoms with Crippen molar-refractivity contribution < 1.29 is 27.8 Å². The number of rotatable bonds is 10. The number of anilines is 1. The van der Waals surface area contributed by atoms with E-state index in [9.17, 15) is 18.3 Å². The van der Waals surface area contributed by atoms with Crippen molar-refractivity contribution in [2.45, 2.75) is 50.8 Å². The van der Waals surface area contributed by atoms with Crippen LogP contribution in [0.15, 0.2) is 71.6 Å². The molecule has 3 aromatic carbocycles. The van der Waals surface area contributed by atoms with Gasteiger partial charge in [-0.25, -0.2) is 8.42 Å². The van der Waals surface area contributed by atoms with Crippen LogP contribution in [0.4, 0.5) is 5.69 Å². The largest absolute Gasteiger partial charge is 0.497 e. The van der Waals surface area contributed by atoms with E-state index < -0.39 is 10.0 Å². The second-order valence-electron chi connectivity index (χ2n) is 11.2. The predicted molar refractivity (Wildman–Crippen MR) is 163 cm³/mol. The van der Waals surface area contributed by atoms with E-state index in [1.165, 1.54) is 0 Å². The van der Waals surface area contributed by atoms with Crippen molar-refractivity contribution in [3.8, 4) is 11.5 Å². The topological polar surface area (TPSA) is 108 Å². The third-order valence-electron chi connectivity index (χ3n) is 7.60. The fourth-order valence-corrected chi connectivity index (χ4v) is 6.11. The fraction of sp³-hybridized carbons (Fsp3) is 0.406. The van der Waals surface area contributed by atoms with Crippen LogP contribution in [0.5, 0.6) is 11.5 Å². The van der Waals surface area contributed by atoms with E-state index in [-0.39, 0.29) is 41.9 Å². The van der Waals surface area contributed by atoms with Gasteiger partial charge >= 0.3 is 0 Å². The maximum Gasteiger partial charge on any atom is 0.261 e. The number of hydrogen-bond acceptors (Lipinski definition) is 7. The molecular formula is C32H41N3O6S. The average molecular weight is 596 g/mol. The number of benzene rings is 3. The van der Waals surface area contributed by atoms with Crippen LogP contribution in [0.25, 0.3) is 0 Å². The number of nitrogens with zero attached hydrogens (tertiary/aromatic N) is 2. The highest BCUT2D eigenvalue weighted by atomic mass is 32.2. The molecule has 0 aliphatic carbocycles. The van der Waals surface area contributed by atoms with E-state index in [1.807, 2.05) is 52.1 Å². The summed E-state index contributed by atoms with van der Waals surface area (Å²) < 4.78 is 40.6. The van der Waals surface area contributed by atoms with Crippen LogP contribution in [0.2, 0.25) is 0 Å². The quantitative estimate of drug-likeness (QED) is 0.364. The first-order chi connectivity index (χ1) is 20.0. The van der Waals surface area contributed by atoms with E-state index in [2.05, 4.69) is 9.62 Å². The molecule has 0 saturated carbocycles. The Morgan fingerprint density at radius 2 is 1.81 bits per heavy atom. The molecule has 4 rings (SSSR count). The first kappa shape index (κ1) is 31.3. The first-order valence-electron chi connectivity index (χ1n) is 14.1. The second kappa shape index (κ2) is 13.6. The summed E-state index contributed by atoms with van der Waals surface area (Å²) in [5.41, 5.74) is 3.01. The van der Waals surface area contributed by atoms with Crippen molar-refractivity contribution in [3.63, 3.8) is 0 Å². The zero-order valence-electron chi connectivity index (χ0n) is 24.9. The van der Waals surface area contributed by atoms with Crippen molar-refractivity contribution in [2.24, 2.45) is 5.92 Å². The van der Waals surface area contributed by atoms with Gasteiger partial charge in [0.2, 0.25) is 5.91 Å². The number of methoxy groups -OCH3 is 1. The maximum absolute atomic E-state index is 13.5. The molecule has 0 radical (unpaired) electrons. The van der Waals surface area contributed by atoms with Gasteiger partial charge in [-0.2, -0.15) is 0 Å². The lowest BCUT2D eigenvalue weighted by atomic mass is 10.0. The van der Waals surface area contributed by atoms with E-state index in [0.29, 0.717) is 36.6 Å². The monoisotopic (exact) mass is 595 g/mol. The number of amides is 1. The molecule has 1 amide bonds. The summed E-state index contributed by atoms with van der Waals surface area (Å²) in [5, 5.41) is 9.91. The van der Waals surface area contributed by atoms with Gasteiger partial charge in [-0.05, 0) is 68.9 Å². The molecule has 226 valence electrons. The Bertz CT molecular complexity index is 1460. The molecule has 2 N–H and O–H groups in total. The van der Waals surface area contributed by atoms with E-state index >= 15 is 0 Å². The van der Waals surface area contributed by atoms with Gasteiger partial charge in [0.05, 0.1) is 31.1 Å². The van der Waals surface area contributed by atoms with Gasteiger partial charge in [-0.3, -0.25) is 14.4 Å². The number of hydrogen-bond donors (Lipinski definition) is 2. The van der Waals surface area contributed by atoms with Crippen molar-refractivity contribution in [2.75, 3.05) is 38.6 Å². The van der Waals surface area contributed by atoms with Crippen molar-refractivity contribution in [3.05, 3.63) is 83.4 Å². The van der Waals surface area contributed by atoms with Gasteiger partial charge in [0.25, 0.3) is 10.0 Å². The smallest absolute Gasteiger partial charge is 0.261 e. The minimum absolute atomic E-state index is 0.0148. The van der Waals surface area contributed by atoms with Gasteiger partial charge in [0.1, 0.15) is 17.6 Å². The van der Waals surface area contributed by atoms with Crippen LogP contribution in [-0.2, 0) is 27.8 Å². The van der Waals surface area contributed by atoms with E-state index in [0.717, 1.165) is 16.9 Å². The summed E-state index contributed by atoms with van der Waals surface area (Å²) in [7, 11) is -0.160. The van der Waals surface area contributed by atoms with Crippen LogP contribution >= 0.6 is 0 Å². The molecule has 0 unspecified atom stereocenters. The van der Waals surface area contributed by atoms with E-state index in [4.69, 9.17) is 9.47 Å². The maximum atomic E-state index is 13.5. The molecule has 10 heteroatoms. The Morgan fingerprint density at radius 1 is 1.12 bits per heavy atom. The highest BCUT2D eigenvalue weighted by Gasteiger charge is 2.31. The number of nitrogens with one attached hydrogen (secondary N) is 1. The Balaban J connectivity index is 1.61. The van der Waals surface area contributed by atoms with Gasteiger partial charge in [-0.15, -0.1) is 0 Å². The SMILES string of the molecule is COc1ccc(CN(C)C[C@@H]2Oc3ccc(NS(=O)(=O)c4ccc(C)cc4)cc3CC(=O)N([C@@H](C)CO)C[C@@H]2C)cc1. The van der Waals surface area contributed by atoms with Gasteiger partial charge in [0, 0.05) is 36.8 Å². The summed E-state index contributed by atoms with van der Waals surface area (Å²) in [4.78, 5) is 17.5. The molecule has 1 aliphatic rings. The molecule has 1 heterocycles. The second-order valence-corrected chi connectivity index (χ2v) is 12.9. The van der Waals surface area contributed by atoms with Crippen molar-refractivity contribution in [1.82, 2.24) is 9.80 Å². The molecule has 0 spiro atoms. The van der Waals surface area contributed by atoms with Gasteiger partial charge in [-0.1, -0.05) is 36.8 Å². The van der Waals surface area contributed by atoms with Crippen LogP contribution in [0.1, 0.15) is 30.5 Å². The zero-order chi connectivity index (χ0) is 30.4. The number of carbonyl (C=O) groups excluding carboxylic acids is 1. The fourth-order valence-electron chi connectivity index (χ4n) is 5.06. The lowest BCUT2D eigenvalue weighted by molar-refractivity contribution is -0.134. The molecule has 42 heavy (non-hydrogen) atoms. The highest BCUT2D eigenvalue weighted by molar-refractivity contribution is 7.92. The third kappa shape index (κ3) is 7.81. The van der Waals surface area contributed by atoms with Crippen LogP contribution in [-0.4, -0.2) is 75.2 Å². The minimum atomic E-state index is -3.83. The number of ether oxygens (including phenoxy) is 2. The average Bonchev–Trinajstić information content (AvgIpc) is 3.00. The van der Waals surface area contributed by atoms with Gasteiger partial charge < -0.3 is 19.5 Å². The number of aliphatic hydroxyl groups is 1. The minimum Gasteiger partial charge on any atom is -0.497 e. The Morgan fingerprint density at radius 3 is 2.45 bits per heavy atom. The van der Waals surface area contributed by atoms with E-state index in [1.54, 1.807) is 54.5 Å². The summed E-state index contributed by atoms with van der Waals surface area (Å²) in [6.45, 7) is 7.30. The number of aryl methyl sites for hydroxylation is 1. The molecule has 0 bridgehead atoms. The Hall–Kier alpha value is -3.60. The summed E-state index contributed by atoms with van der Waals surface area (Å²) >= 11 is 0. The number of aliphatic hydroxyl groups excluding tert-OH is 1. The number of sulfonamides is 1. The van der Waals surface area contributed by atoms with Gasteiger partial charge in [0.15, 0.2) is 0 Å². The van der Waals surface area contributed by atoms with Crippen molar-refractivity contribution in [1.29, 1.82) is 0 Å². The molecule has 0 fully saturated rings. The third-order valence-corrected chi connectivity index (χ3v) is 9.00. The molecule has 0 aromatic heterocycles. The molecule has 3 aromatic rings. The molecule has 3 atom stereocenters. The standard InChI is InChI=1S/C32H41N3O6S/c1-22-6-13-29(14-7-22)42(38,39)33-27-10-15-30-26(16-27)17-32(37)35(24(3)21-36)18-23(2)31(41-30)20-34(4)19-25-8-11-28(40-5)12-9-25/h6-16,23-24,31,33,36H,17-21H2,1-5H3/t23-,24-,31-/m0/s1. The normalized spacial score (nSPS) is 18.4. The Labute approximate surface area is 249 Å². The highest BCUT2D eigenvalue weighted by Crippen LogP contribution is 2.30. The number of likely N-dealkylation sites (N-methyl/N-ethyl adjacent to an activating group) is 1. The number of fused-ring (bicyclic) bond motifs is 1. The first-order valence-corrected chi connectivity index (χ1v) is 15.6. The van der Waals surface area contributed by atoms with Crippen molar-refractivity contribution >= 4 is 21.6 Å². The molecule has 0 saturated heterocycles. The predicted octanol–water partition coefficient (Wildman–Crippen LogP) is 4.09. The summed E-state index contributed by atoms with van der Waals surface area (Å²) in [6.07, 6.45) is -0.262. The molecule has 1 aliphatic heterocycles. The zero-order valence-corrected chi connectivity index (χ0v) is 25.7. The Kier molecular flexibility index (Phi) is 10.1. The lowest BCUT2D eigenvalue weighted by Crippen LogP contribution is -2.47. The van der Waals surface area contributed by atoms with Crippen LogP contribution < -0.4 is 14.2 Å². The summed E-state index contributed by atoms with van der Waals surface area (Å²) in [5.74, 6) is 1.13. The summed E-state index contributed by atoms with van der Waals surface area (Å²) in [6, 6.07) is 19.2. The number of carbonyl (C=O) groups is 1. The lowest BCUT2D eigenvalue weighted by Gasteiger charge is -2.34. The molecular weight excluding hydrogens is 554 g/mol. The van der Waals surface area contributed by atoms with Crippen LogP contribution in [0.3, 0.4) is 0 Å². The molecule has 9 nitrogen and oxygen atoms in total.